The number of para-hydroxylation sites is 2. The monoisotopic (exact) mass is 358 g/mol. The second-order valence-electron chi connectivity index (χ2n) is 6.52. The number of pyridine rings is 1. The molecule has 4 heteroatoms. The van der Waals surface area contributed by atoms with E-state index in [2.05, 4.69) is 29.7 Å². The standard InChI is InChI=1S/C23H22N2O2/c1-3-10-16-15-19-18-13-8-9-14-20(18)25(17-11-6-5-7-12-17)22(19)21(24-16)23(26)27-4-2/h5-9,11-15H,3-4,10H2,1-2H3. The molecule has 2 heterocycles. The van der Waals surface area contributed by atoms with E-state index >= 15 is 0 Å². The van der Waals surface area contributed by atoms with Gasteiger partial charge in [0, 0.05) is 22.2 Å². The Hall–Kier alpha value is -3.14. The Morgan fingerprint density at radius 3 is 2.48 bits per heavy atom. The molecule has 2 aromatic heterocycles. The molecule has 0 fully saturated rings. The highest BCUT2D eigenvalue weighted by Crippen LogP contribution is 2.34. The molecule has 0 saturated carbocycles. The summed E-state index contributed by atoms with van der Waals surface area (Å²) in [5, 5.41) is 2.15. The Morgan fingerprint density at radius 2 is 1.74 bits per heavy atom. The highest BCUT2D eigenvalue weighted by atomic mass is 16.5. The second kappa shape index (κ2) is 7.23. The van der Waals surface area contributed by atoms with Gasteiger partial charge in [0.15, 0.2) is 5.69 Å². The van der Waals surface area contributed by atoms with Crippen molar-refractivity contribution in [1.82, 2.24) is 9.55 Å². The number of hydrogen-bond donors (Lipinski definition) is 0. The Kier molecular flexibility index (Phi) is 4.63. The average Bonchev–Trinajstić information content (AvgIpc) is 3.03. The number of rotatable bonds is 5. The summed E-state index contributed by atoms with van der Waals surface area (Å²) < 4.78 is 7.45. The summed E-state index contributed by atoms with van der Waals surface area (Å²) in [6.07, 6.45) is 1.80. The van der Waals surface area contributed by atoms with Crippen LogP contribution in [0.3, 0.4) is 0 Å². The number of aromatic nitrogens is 2. The van der Waals surface area contributed by atoms with Gasteiger partial charge in [-0.3, -0.25) is 0 Å². The molecule has 0 atom stereocenters. The zero-order valence-corrected chi connectivity index (χ0v) is 15.6. The maximum absolute atomic E-state index is 12.8. The molecule has 0 spiro atoms. The van der Waals surface area contributed by atoms with Crippen molar-refractivity contribution in [3.8, 4) is 5.69 Å². The van der Waals surface area contributed by atoms with Crippen LogP contribution >= 0.6 is 0 Å². The third kappa shape index (κ3) is 2.97. The molecule has 0 aliphatic rings. The summed E-state index contributed by atoms with van der Waals surface area (Å²) in [5.41, 5.74) is 4.17. The summed E-state index contributed by atoms with van der Waals surface area (Å²) in [5.74, 6) is -0.375. The summed E-state index contributed by atoms with van der Waals surface area (Å²) in [4.78, 5) is 17.5. The lowest BCUT2D eigenvalue weighted by molar-refractivity contribution is 0.0521. The van der Waals surface area contributed by atoms with Crippen LogP contribution in [0.15, 0.2) is 60.7 Å². The van der Waals surface area contributed by atoms with Crippen LogP contribution in [0.5, 0.6) is 0 Å². The van der Waals surface area contributed by atoms with Crippen molar-refractivity contribution < 1.29 is 9.53 Å². The summed E-state index contributed by atoms with van der Waals surface area (Å²) in [6.45, 7) is 4.26. The molecule has 4 rings (SSSR count). The van der Waals surface area contributed by atoms with Gasteiger partial charge in [-0.15, -0.1) is 0 Å². The van der Waals surface area contributed by atoms with E-state index < -0.39 is 0 Å². The third-order valence-corrected chi connectivity index (χ3v) is 4.69. The van der Waals surface area contributed by atoms with Crippen LogP contribution in [-0.4, -0.2) is 22.1 Å². The molecule has 4 nitrogen and oxygen atoms in total. The Labute approximate surface area is 158 Å². The largest absolute Gasteiger partial charge is 0.461 e. The molecule has 0 saturated heterocycles. The van der Waals surface area contributed by atoms with Gasteiger partial charge in [-0.1, -0.05) is 49.7 Å². The summed E-state index contributed by atoms with van der Waals surface area (Å²) >= 11 is 0. The van der Waals surface area contributed by atoms with Gasteiger partial charge in [0.1, 0.15) is 0 Å². The predicted molar refractivity (Wildman–Crippen MR) is 109 cm³/mol. The van der Waals surface area contributed by atoms with Gasteiger partial charge in [0.25, 0.3) is 0 Å². The first-order chi connectivity index (χ1) is 13.2. The third-order valence-electron chi connectivity index (χ3n) is 4.69. The summed E-state index contributed by atoms with van der Waals surface area (Å²) in [6, 6.07) is 20.4. The number of nitrogens with zero attached hydrogens (tertiary/aromatic N) is 2. The van der Waals surface area contributed by atoms with Gasteiger partial charge in [-0.25, -0.2) is 9.78 Å². The Balaban J connectivity index is 2.15. The van der Waals surface area contributed by atoms with E-state index in [1.165, 1.54) is 0 Å². The van der Waals surface area contributed by atoms with Crippen molar-refractivity contribution in [3.05, 3.63) is 72.1 Å². The molecule has 0 aliphatic heterocycles. The van der Waals surface area contributed by atoms with E-state index in [9.17, 15) is 4.79 Å². The van der Waals surface area contributed by atoms with Crippen molar-refractivity contribution >= 4 is 27.8 Å². The van der Waals surface area contributed by atoms with Gasteiger partial charge in [-0.2, -0.15) is 0 Å². The maximum Gasteiger partial charge on any atom is 0.359 e. The molecule has 0 radical (unpaired) electrons. The molecule has 136 valence electrons. The van der Waals surface area contributed by atoms with Crippen molar-refractivity contribution in [2.45, 2.75) is 26.7 Å². The van der Waals surface area contributed by atoms with E-state index in [4.69, 9.17) is 9.72 Å². The maximum atomic E-state index is 12.8. The van der Waals surface area contributed by atoms with E-state index in [0.717, 1.165) is 46.0 Å². The van der Waals surface area contributed by atoms with Crippen molar-refractivity contribution in [2.75, 3.05) is 6.61 Å². The number of ether oxygens (including phenoxy) is 1. The second-order valence-corrected chi connectivity index (χ2v) is 6.52. The molecule has 2 aromatic carbocycles. The first-order valence-corrected chi connectivity index (χ1v) is 9.40. The van der Waals surface area contributed by atoms with Crippen molar-refractivity contribution in [2.24, 2.45) is 0 Å². The molecule has 0 N–H and O–H groups in total. The lowest BCUT2D eigenvalue weighted by atomic mass is 10.1. The first kappa shape index (κ1) is 17.3. The molecule has 0 bridgehead atoms. The van der Waals surface area contributed by atoms with Crippen molar-refractivity contribution in [3.63, 3.8) is 0 Å². The highest BCUT2D eigenvalue weighted by molar-refractivity contribution is 6.14. The van der Waals surface area contributed by atoms with E-state index in [-0.39, 0.29) is 5.97 Å². The normalized spacial score (nSPS) is 11.2. The number of aryl methyl sites for hydroxylation is 1. The van der Waals surface area contributed by atoms with Crippen LogP contribution in [-0.2, 0) is 11.2 Å². The molecule has 4 aromatic rings. The van der Waals surface area contributed by atoms with Crippen LogP contribution < -0.4 is 0 Å². The lowest BCUT2D eigenvalue weighted by Gasteiger charge is -2.11. The number of fused-ring (bicyclic) bond motifs is 3. The zero-order valence-electron chi connectivity index (χ0n) is 15.6. The summed E-state index contributed by atoms with van der Waals surface area (Å²) in [7, 11) is 0. The molecular weight excluding hydrogens is 336 g/mol. The average molecular weight is 358 g/mol. The fourth-order valence-electron chi connectivity index (χ4n) is 3.61. The van der Waals surface area contributed by atoms with Crippen LogP contribution in [0.2, 0.25) is 0 Å². The van der Waals surface area contributed by atoms with Gasteiger partial charge in [-0.05, 0) is 37.6 Å². The van der Waals surface area contributed by atoms with Crippen LogP contribution in [0.25, 0.3) is 27.5 Å². The number of carbonyl (C=O) groups excluding carboxylic acids is 1. The molecule has 0 amide bonds. The Bertz CT molecular complexity index is 1110. The van der Waals surface area contributed by atoms with E-state index in [1.54, 1.807) is 0 Å². The molecule has 0 aliphatic carbocycles. The first-order valence-electron chi connectivity index (χ1n) is 9.40. The van der Waals surface area contributed by atoms with Gasteiger partial charge >= 0.3 is 5.97 Å². The van der Waals surface area contributed by atoms with Gasteiger partial charge in [0.05, 0.1) is 17.6 Å². The Morgan fingerprint density at radius 1 is 1.00 bits per heavy atom. The molecule has 27 heavy (non-hydrogen) atoms. The zero-order chi connectivity index (χ0) is 18.8. The fourth-order valence-corrected chi connectivity index (χ4v) is 3.61. The molecular formula is C23H22N2O2. The fraction of sp³-hybridized carbons (Fsp3) is 0.217. The minimum absolute atomic E-state index is 0.325. The number of hydrogen-bond acceptors (Lipinski definition) is 3. The van der Waals surface area contributed by atoms with Crippen LogP contribution in [0, 0.1) is 0 Å². The van der Waals surface area contributed by atoms with Gasteiger partial charge in [0.2, 0.25) is 0 Å². The minimum atomic E-state index is -0.375. The van der Waals surface area contributed by atoms with Crippen LogP contribution in [0.1, 0.15) is 36.5 Å². The minimum Gasteiger partial charge on any atom is -0.461 e. The lowest BCUT2D eigenvalue weighted by Crippen LogP contribution is -2.11. The van der Waals surface area contributed by atoms with Gasteiger partial charge < -0.3 is 9.30 Å². The number of esters is 1. The predicted octanol–water partition coefficient (Wildman–Crippen LogP) is 5.31. The number of benzene rings is 2. The topological polar surface area (TPSA) is 44.1 Å². The molecule has 0 unspecified atom stereocenters. The quantitative estimate of drug-likeness (QED) is 0.454. The van der Waals surface area contributed by atoms with E-state index in [0.29, 0.717) is 12.3 Å². The number of carbonyl (C=O) groups is 1. The van der Waals surface area contributed by atoms with Crippen LogP contribution in [0.4, 0.5) is 0 Å². The van der Waals surface area contributed by atoms with Crippen molar-refractivity contribution in [1.29, 1.82) is 0 Å². The van der Waals surface area contributed by atoms with E-state index in [1.807, 2.05) is 49.4 Å². The highest BCUT2D eigenvalue weighted by Gasteiger charge is 2.22. The SMILES string of the molecule is CCCc1cc2c3ccccc3n(-c3ccccc3)c2c(C(=O)OCC)n1. The smallest absolute Gasteiger partial charge is 0.359 e.